The van der Waals surface area contributed by atoms with Gasteiger partial charge >= 0.3 is 5.97 Å². The Labute approximate surface area is 430 Å². The first kappa shape index (κ1) is 67.1. The quantitative estimate of drug-likeness (QED) is 0.0321. The van der Waals surface area contributed by atoms with Gasteiger partial charge in [-0.15, -0.1) is 0 Å². The second-order valence-electron chi connectivity index (χ2n) is 21.0. The van der Waals surface area contributed by atoms with Crippen molar-refractivity contribution in [2.75, 3.05) is 13.2 Å². The minimum absolute atomic E-state index is 0.0123. The zero-order valence-electron chi connectivity index (χ0n) is 46.3. The fraction of sp³-hybridized carbons (Fsp3) is 0.873. The molecule has 0 fully saturated rings. The number of aliphatic hydroxyl groups excluding tert-OH is 2. The van der Waals surface area contributed by atoms with E-state index in [1.807, 2.05) is 6.08 Å². The lowest BCUT2D eigenvalue weighted by molar-refractivity contribution is -0.143. The zero-order chi connectivity index (χ0) is 50.0. The Morgan fingerprint density at radius 1 is 0.406 bits per heavy atom. The van der Waals surface area contributed by atoms with Crippen LogP contribution in [0.1, 0.15) is 328 Å². The number of amides is 1. The number of rotatable bonds is 57. The maximum Gasteiger partial charge on any atom is 0.305 e. The summed E-state index contributed by atoms with van der Waals surface area (Å²) < 4.78 is 5.47. The number of unbranched alkanes of at least 4 members (excludes halogenated alkanes) is 42. The summed E-state index contributed by atoms with van der Waals surface area (Å²) in [6.45, 7) is 4.88. The highest BCUT2D eigenvalue weighted by atomic mass is 16.5. The first-order valence-corrected chi connectivity index (χ1v) is 30.8. The lowest BCUT2D eigenvalue weighted by Gasteiger charge is -2.20. The molecule has 0 aliphatic heterocycles. The first-order chi connectivity index (χ1) is 34.0. The molecular weight excluding hydrogens is 851 g/mol. The summed E-state index contributed by atoms with van der Waals surface area (Å²) >= 11 is 0. The Hall–Kier alpha value is -1.92. The lowest BCUT2D eigenvalue weighted by atomic mass is 10.0. The van der Waals surface area contributed by atoms with E-state index in [9.17, 15) is 19.8 Å². The van der Waals surface area contributed by atoms with Gasteiger partial charge in [0.05, 0.1) is 25.4 Å². The predicted octanol–water partition coefficient (Wildman–Crippen LogP) is 19.2. The van der Waals surface area contributed by atoms with Gasteiger partial charge < -0.3 is 20.3 Å². The summed E-state index contributed by atoms with van der Waals surface area (Å²) in [5.74, 6) is -0.0945. The van der Waals surface area contributed by atoms with Crippen LogP contribution in [0.4, 0.5) is 0 Å². The minimum Gasteiger partial charge on any atom is -0.466 e. The molecule has 2 unspecified atom stereocenters. The molecule has 0 aromatic heterocycles. The zero-order valence-corrected chi connectivity index (χ0v) is 46.3. The molecule has 1 amide bonds. The Morgan fingerprint density at radius 3 is 1.10 bits per heavy atom. The van der Waals surface area contributed by atoms with Crippen LogP contribution in [0.5, 0.6) is 0 Å². The van der Waals surface area contributed by atoms with Crippen LogP contribution in [0.25, 0.3) is 0 Å². The van der Waals surface area contributed by atoms with E-state index >= 15 is 0 Å². The Balaban J connectivity index is 3.51. The molecule has 6 heteroatoms. The number of ether oxygens (including phenoxy) is 1. The SMILES string of the molecule is CCCCCCCCCCCCCCCCCC/C=C/C(O)C(CO)NC(=O)CCCCCCCCC/C=C\C/C=C\CCCCCOC(=O)CCCCCCCCCCCCCCCCCCC. The first-order valence-electron chi connectivity index (χ1n) is 30.8. The molecule has 0 radical (unpaired) electrons. The Kier molecular flexibility index (Phi) is 57.0. The summed E-state index contributed by atoms with van der Waals surface area (Å²) in [6, 6.07) is -0.641. The van der Waals surface area contributed by atoms with E-state index in [4.69, 9.17) is 4.74 Å². The highest BCUT2D eigenvalue weighted by Crippen LogP contribution is 2.17. The summed E-state index contributed by atoms with van der Waals surface area (Å²) in [4.78, 5) is 24.5. The number of hydrogen-bond donors (Lipinski definition) is 3. The predicted molar refractivity (Wildman–Crippen MR) is 301 cm³/mol. The van der Waals surface area contributed by atoms with Crippen molar-refractivity contribution in [3.05, 3.63) is 36.5 Å². The van der Waals surface area contributed by atoms with Crippen molar-refractivity contribution in [3.63, 3.8) is 0 Å². The van der Waals surface area contributed by atoms with Gasteiger partial charge in [-0.1, -0.05) is 281 Å². The number of carbonyl (C=O) groups is 2. The number of esters is 1. The van der Waals surface area contributed by atoms with Crippen molar-refractivity contribution in [2.45, 2.75) is 341 Å². The largest absolute Gasteiger partial charge is 0.466 e. The van der Waals surface area contributed by atoms with Crippen molar-refractivity contribution < 1.29 is 24.5 Å². The van der Waals surface area contributed by atoms with Gasteiger partial charge in [0, 0.05) is 12.8 Å². The minimum atomic E-state index is -0.856. The van der Waals surface area contributed by atoms with E-state index in [0.29, 0.717) is 19.4 Å². The van der Waals surface area contributed by atoms with Crippen LogP contribution in [0.3, 0.4) is 0 Å². The van der Waals surface area contributed by atoms with Gasteiger partial charge in [0.2, 0.25) is 5.91 Å². The molecule has 0 heterocycles. The standard InChI is InChI=1S/C63H119NO5/c1-3-5-7-9-11-13-15-17-19-21-24-27-31-35-39-43-47-51-55-61(66)60(59-65)64-62(67)56-52-48-44-40-36-32-28-25-22-26-30-34-38-42-46-50-54-58-69-63(68)57-53-49-45-41-37-33-29-23-20-18-16-14-12-10-8-6-4-2/h22,26,34,38,51,55,60-61,65-66H,3-21,23-25,27-33,35-37,39-50,52-54,56-59H2,1-2H3,(H,64,67)/b26-22-,38-34-,55-51+. The Bertz CT molecular complexity index is 1120. The van der Waals surface area contributed by atoms with Crippen LogP contribution < -0.4 is 5.32 Å². The van der Waals surface area contributed by atoms with Gasteiger partial charge in [0.25, 0.3) is 0 Å². The molecule has 2 atom stereocenters. The van der Waals surface area contributed by atoms with Crippen molar-refractivity contribution in [1.82, 2.24) is 5.32 Å². The monoisotopic (exact) mass is 970 g/mol. The van der Waals surface area contributed by atoms with Crippen LogP contribution in [-0.4, -0.2) is 47.4 Å². The average Bonchev–Trinajstić information content (AvgIpc) is 3.35. The molecule has 0 bridgehead atoms. The molecule has 0 saturated heterocycles. The molecule has 69 heavy (non-hydrogen) atoms. The highest BCUT2D eigenvalue weighted by Gasteiger charge is 2.18. The normalized spacial score (nSPS) is 12.8. The van der Waals surface area contributed by atoms with E-state index < -0.39 is 12.1 Å². The number of nitrogens with one attached hydrogen (secondary N) is 1. The third-order valence-corrected chi connectivity index (χ3v) is 14.2. The van der Waals surface area contributed by atoms with E-state index in [0.717, 1.165) is 83.5 Å². The topological polar surface area (TPSA) is 95.9 Å². The fourth-order valence-corrected chi connectivity index (χ4v) is 9.43. The number of aliphatic hydroxyl groups is 2. The molecule has 0 aliphatic carbocycles. The van der Waals surface area contributed by atoms with Crippen LogP contribution in [0, 0.1) is 0 Å². The second-order valence-corrected chi connectivity index (χ2v) is 21.0. The molecule has 0 rings (SSSR count). The fourth-order valence-electron chi connectivity index (χ4n) is 9.43. The maximum absolute atomic E-state index is 12.5. The van der Waals surface area contributed by atoms with Crippen molar-refractivity contribution in [1.29, 1.82) is 0 Å². The number of carbonyl (C=O) groups excluding carboxylic acids is 2. The molecular formula is C63H119NO5. The van der Waals surface area contributed by atoms with Crippen molar-refractivity contribution in [3.8, 4) is 0 Å². The third kappa shape index (κ3) is 55.2. The highest BCUT2D eigenvalue weighted by molar-refractivity contribution is 5.76. The molecule has 0 saturated carbocycles. The summed E-state index contributed by atoms with van der Waals surface area (Å²) in [6.07, 6.45) is 73.2. The Morgan fingerprint density at radius 2 is 0.725 bits per heavy atom. The summed E-state index contributed by atoms with van der Waals surface area (Å²) in [5, 5.41) is 23.1. The number of hydrogen-bond acceptors (Lipinski definition) is 5. The molecule has 0 aromatic carbocycles. The number of allylic oxidation sites excluding steroid dienone is 5. The van der Waals surface area contributed by atoms with Gasteiger partial charge in [-0.05, 0) is 70.6 Å². The van der Waals surface area contributed by atoms with Gasteiger partial charge in [0.15, 0.2) is 0 Å². The third-order valence-electron chi connectivity index (χ3n) is 14.2. The van der Waals surface area contributed by atoms with Crippen LogP contribution in [0.2, 0.25) is 0 Å². The molecule has 0 spiro atoms. The molecule has 3 N–H and O–H groups in total. The maximum atomic E-state index is 12.5. The van der Waals surface area contributed by atoms with Gasteiger partial charge in [0.1, 0.15) is 0 Å². The molecule has 0 aromatic rings. The van der Waals surface area contributed by atoms with E-state index in [1.165, 1.54) is 218 Å². The lowest BCUT2D eigenvalue weighted by Crippen LogP contribution is -2.45. The molecule has 6 nitrogen and oxygen atoms in total. The van der Waals surface area contributed by atoms with Crippen LogP contribution >= 0.6 is 0 Å². The van der Waals surface area contributed by atoms with E-state index in [2.05, 4.69) is 43.5 Å². The summed E-state index contributed by atoms with van der Waals surface area (Å²) in [5.41, 5.74) is 0. The molecule has 0 aliphatic rings. The second kappa shape index (κ2) is 58.6. The van der Waals surface area contributed by atoms with Crippen LogP contribution in [0.15, 0.2) is 36.5 Å². The van der Waals surface area contributed by atoms with Gasteiger partial charge in [-0.25, -0.2) is 0 Å². The van der Waals surface area contributed by atoms with E-state index in [1.54, 1.807) is 6.08 Å². The molecule has 406 valence electrons. The van der Waals surface area contributed by atoms with E-state index in [-0.39, 0.29) is 18.5 Å². The summed E-state index contributed by atoms with van der Waals surface area (Å²) in [7, 11) is 0. The van der Waals surface area contributed by atoms with Crippen LogP contribution in [-0.2, 0) is 14.3 Å². The van der Waals surface area contributed by atoms with Crippen molar-refractivity contribution in [2.24, 2.45) is 0 Å². The van der Waals surface area contributed by atoms with Gasteiger partial charge in [-0.3, -0.25) is 9.59 Å². The van der Waals surface area contributed by atoms with Crippen molar-refractivity contribution >= 4 is 11.9 Å². The van der Waals surface area contributed by atoms with Gasteiger partial charge in [-0.2, -0.15) is 0 Å². The average molecular weight is 971 g/mol. The smallest absolute Gasteiger partial charge is 0.305 e.